The van der Waals surface area contributed by atoms with Crippen molar-refractivity contribution in [2.24, 2.45) is 5.92 Å². The molecule has 3 aromatic rings. The van der Waals surface area contributed by atoms with Crippen molar-refractivity contribution in [2.75, 3.05) is 13.7 Å². The minimum atomic E-state index is -4.68. The summed E-state index contributed by atoms with van der Waals surface area (Å²) in [5.41, 5.74) is -0.905. The first-order chi connectivity index (χ1) is 17.6. The second kappa shape index (κ2) is 11.2. The van der Waals surface area contributed by atoms with Gasteiger partial charge in [0.2, 0.25) is 0 Å². The van der Waals surface area contributed by atoms with E-state index in [0.29, 0.717) is 34.5 Å². The monoisotopic (exact) mass is 536 g/mol. The summed E-state index contributed by atoms with van der Waals surface area (Å²) in [7, 11) is 1.52. The van der Waals surface area contributed by atoms with E-state index in [-0.39, 0.29) is 24.9 Å². The molecule has 0 fully saturated rings. The predicted octanol–water partition coefficient (Wildman–Crippen LogP) is 6.50. The summed E-state index contributed by atoms with van der Waals surface area (Å²) in [6, 6.07) is 5.51. The van der Waals surface area contributed by atoms with E-state index in [2.05, 4.69) is 20.3 Å². The van der Waals surface area contributed by atoms with Crippen molar-refractivity contribution < 1.29 is 32.2 Å². The van der Waals surface area contributed by atoms with E-state index in [1.165, 1.54) is 19.4 Å². The molecule has 0 saturated heterocycles. The van der Waals surface area contributed by atoms with Gasteiger partial charge in [-0.1, -0.05) is 19.9 Å². The summed E-state index contributed by atoms with van der Waals surface area (Å²) in [6.07, 6.45) is -3.39. The summed E-state index contributed by atoms with van der Waals surface area (Å²) >= 11 is 0. The largest absolute Gasteiger partial charge is 0.491 e. The first kappa shape index (κ1) is 29.2. The lowest BCUT2D eigenvalue weighted by molar-refractivity contribution is -0.139. The molecule has 1 atom stereocenters. The van der Waals surface area contributed by atoms with E-state index in [4.69, 9.17) is 14.2 Å². The van der Waals surface area contributed by atoms with Crippen LogP contribution in [0, 0.1) is 5.92 Å². The number of methoxy groups -OCH3 is 1. The lowest BCUT2D eigenvalue weighted by Gasteiger charge is -2.33. The number of benzene rings is 1. The molecule has 11 heteroatoms. The number of imidazole rings is 1. The number of alkyl halides is 3. The van der Waals surface area contributed by atoms with Crippen molar-refractivity contribution in [1.82, 2.24) is 20.3 Å². The number of H-pyrrole nitrogens is 1. The molecule has 2 N–H and O–H groups in total. The fraction of sp³-hybridized carbons (Fsp3) is 0.519. The number of rotatable bonds is 9. The van der Waals surface area contributed by atoms with Crippen molar-refractivity contribution in [3.8, 4) is 16.9 Å². The number of aromatic nitrogens is 3. The van der Waals surface area contributed by atoms with Crippen LogP contribution in [0.2, 0.25) is 0 Å². The molecule has 0 saturated carbocycles. The van der Waals surface area contributed by atoms with Crippen LogP contribution < -0.4 is 10.1 Å². The summed E-state index contributed by atoms with van der Waals surface area (Å²) < 4.78 is 58.7. The topological polar surface area (TPSA) is 98.4 Å². The molecule has 0 aliphatic carbocycles. The van der Waals surface area contributed by atoms with Crippen molar-refractivity contribution in [3.05, 3.63) is 41.9 Å². The Bertz CT molecular complexity index is 1270. The Labute approximate surface area is 220 Å². The van der Waals surface area contributed by atoms with E-state index in [1.54, 1.807) is 39.8 Å². The minimum Gasteiger partial charge on any atom is -0.491 e. The van der Waals surface area contributed by atoms with E-state index in [0.717, 1.165) is 6.07 Å². The summed E-state index contributed by atoms with van der Waals surface area (Å²) in [5, 5.41) is 2.78. The van der Waals surface area contributed by atoms with Crippen LogP contribution in [0.1, 0.15) is 59.4 Å². The SMILES string of the molecule is COCc1nc2nccc(-c3ccc(OC[C@](C)(CC(C)C)NC(=O)OC(C)(C)C)c(C(F)(F)F)c3)c2[nH]1. The van der Waals surface area contributed by atoms with Gasteiger partial charge in [-0.2, -0.15) is 13.2 Å². The fourth-order valence-corrected chi connectivity index (χ4v) is 4.28. The van der Waals surface area contributed by atoms with Gasteiger partial charge in [-0.3, -0.25) is 0 Å². The first-order valence-electron chi connectivity index (χ1n) is 12.3. The van der Waals surface area contributed by atoms with Gasteiger partial charge < -0.3 is 24.5 Å². The Morgan fingerprint density at radius 3 is 2.45 bits per heavy atom. The number of pyridine rings is 1. The van der Waals surface area contributed by atoms with Gasteiger partial charge in [0.15, 0.2) is 5.65 Å². The Morgan fingerprint density at radius 1 is 1.13 bits per heavy atom. The molecular weight excluding hydrogens is 501 g/mol. The highest BCUT2D eigenvalue weighted by Crippen LogP contribution is 2.40. The van der Waals surface area contributed by atoms with Crippen LogP contribution in [-0.4, -0.2) is 45.9 Å². The van der Waals surface area contributed by atoms with E-state index in [9.17, 15) is 18.0 Å². The zero-order chi connectivity index (χ0) is 28.3. The number of nitrogens with zero attached hydrogens (tertiary/aromatic N) is 2. The van der Waals surface area contributed by atoms with Crippen molar-refractivity contribution in [1.29, 1.82) is 0 Å². The van der Waals surface area contributed by atoms with Crippen LogP contribution in [-0.2, 0) is 22.3 Å². The number of alkyl carbamates (subject to hydrolysis) is 1. The molecule has 38 heavy (non-hydrogen) atoms. The lowest BCUT2D eigenvalue weighted by Crippen LogP contribution is -2.52. The first-order valence-corrected chi connectivity index (χ1v) is 12.3. The Balaban J connectivity index is 1.93. The standard InChI is InChI=1S/C27H35F3N4O4/c1-16(2)13-26(6,34-24(35)38-25(3,4)5)15-37-20-9-8-17(12-19(20)27(28,29)30)18-10-11-31-23-22(18)32-21(33-23)14-36-7/h8-12,16H,13-15H2,1-7H3,(H,34,35)(H,31,32,33)/t26-/m0/s1. The molecule has 3 rings (SSSR count). The molecule has 1 amide bonds. The average Bonchev–Trinajstić information content (AvgIpc) is 3.18. The quantitative estimate of drug-likeness (QED) is 0.324. The molecule has 208 valence electrons. The van der Waals surface area contributed by atoms with Crippen LogP contribution in [0.25, 0.3) is 22.3 Å². The number of carbonyl (C=O) groups excluding carboxylic acids is 1. The molecule has 2 heterocycles. The van der Waals surface area contributed by atoms with Gasteiger partial charge in [0.1, 0.15) is 30.4 Å². The van der Waals surface area contributed by atoms with Crippen LogP contribution in [0.15, 0.2) is 30.5 Å². The van der Waals surface area contributed by atoms with Crippen molar-refractivity contribution in [2.45, 2.75) is 71.9 Å². The number of ether oxygens (including phenoxy) is 3. The van der Waals surface area contributed by atoms with E-state index < -0.39 is 29.0 Å². The van der Waals surface area contributed by atoms with Crippen molar-refractivity contribution in [3.63, 3.8) is 0 Å². The molecule has 2 aromatic heterocycles. The van der Waals surface area contributed by atoms with Gasteiger partial charge in [-0.25, -0.2) is 14.8 Å². The number of carbonyl (C=O) groups is 1. The number of halogens is 3. The number of hydrogen-bond donors (Lipinski definition) is 2. The Kier molecular flexibility index (Phi) is 8.60. The highest BCUT2D eigenvalue weighted by atomic mass is 19.4. The van der Waals surface area contributed by atoms with Gasteiger partial charge in [0.05, 0.1) is 16.6 Å². The summed E-state index contributed by atoms with van der Waals surface area (Å²) in [4.78, 5) is 24.0. The second-order valence-corrected chi connectivity index (χ2v) is 11.0. The Morgan fingerprint density at radius 2 is 1.84 bits per heavy atom. The van der Waals surface area contributed by atoms with Gasteiger partial charge in [0, 0.05) is 18.9 Å². The minimum absolute atomic E-state index is 0.134. The highest BCUT2D eigenvalue weighted by molar-refractivity contribution is 5.90. The zero-order valence-electron chi connectivity index (χ0n) is 22.7. The van der Waals surface area contributed by atoms with E-state index >= 15 is 0 Å². The Hall–Kier alpha value is -3.34. The molecule has 0 bridgehead atoms. The summed E-state index contributed by atoms with van der Waals surface area (Å²) in [5.74, 6) is 0.312. The van der Waals surface area contributed by atoms with Crippen LogP contribution in [0.4, 0.5) is 18.0 Å². The zero-order valence-corrected chi connectivity index (χ0v) is 22.7. The maximum absolute atomic E-state index is 14.2. The number of aromatic amines is 1. The second-order valence-electron chi connectivity index (χ2n) is 11.0. The van der Waals surface area contributed by atoms with Crippen molar-refractivity contribution >= 4 is 17.3 Å². The van der Waals surface area contributed by atoms with E-state index in [1.807, 2.05) is 13.8 Å². The molecule has 0 aliphatic rings. The summed E-state index contributed by atoms with van der Waals surface area (Å²) in [6.45, 7) is 10.9. The van der Waals surface area contributed by atoms with Gasteiger partial charge in [-0.15, -0.1) is 0 Å². The molecular formula is C27H35F3N4O4. The smallest absolute Gasteiger partial charge is 0.419 e. The van der Waals surface area contributed by atoms with Crippen LogP contribution in [0.5, 0.6) is 5.75 Å². The third-order valence-electron chi connectivity index (χ3n) is 5.53. The molecule has 1 aromatic carbocycles. The average molecular weight is 537 g/mol. The number of amides is 1. The normalized spacial score (nSPS) is 14.0. The van der Waals surface area contributed by atoms with Gasteiger partial charge in [-0.05, 0) is 63.8 Å². The van der Waals surface area contributed by atoms with Gasteiger partial charge in [0.25, 0.3) is 0 Å². The maximum atomic E-state index is 14.2. The molecule has 0 spiro atoms. The van der Waals surface area contributed by atoms with Crippen LogP contribution >= 0.6 is 0 Å². The maximum Gasteiger partial charge on any atom is 0.419 e. The number of fused-ring (bicyclic) bond motifs is 1. The molecule has 0 unspecified atom stereocenters. The van der Waals surface area contributed by atoms with Crippen LogP contribution in [0.3, 0.4) is 0 Å². The third kappa shape index (κ3) is 7.59. The molecule has 0 radical (unpaired) electrons. The number of hydrogen-bond acceptors (Lipinski definition) is 6. The predicted molar refractivity (Wildman–Crippen MR) is 138 cm³/mol. The lowest BCUT2D eigenvalue weighted by atomic mass is 9.91. The highest BCUT2D eigenvalue weighted by Gasteiger charge is 2.37. The molecule has 8 nitrogen and oxygen atoms in total. The third-order valence-corrected chi connectivity index (χ3v) is 5.53. The molecule has 0 aliphatic heterocycles. The number of nitrogens with one attached hydrogen (secondary N) is 2. The van der Waals surface area contributed by atoms with Gasteiger partial charge >= 0.3 is 12.3 Å². The fourth-order valence-electron chi connectivity index (χ4n) is 4.28.